The second-order valence-electron chi connectivity index (χ2n) is 5.89. The van der Waals surface area contributed by atoms with Gasteiger partial charge in [-0.3, -0.25) is 19.3 Å². The molecule has 1 aliphatic heterocycles. The summed E-state index contributed by atoms with van der Waals surface area (Å²) in [5.41, 5.74) is 2.10. The highest BCUT2D eigenvalue weighted by molar-refractivity contribution is 6.17. The first-order valence-corrected chi connectivity index (χ1v) is 7.70. The monoisotopic (exact) mass is 331 g/mol. The lowest BCUT2D eigenvalue weighted by Crippen LogP contribution is -2.34. The number of hydrogen-bond donors (Lipinski definition) is 3. The molecule has 1 aromatic carbocycles. The lowest BCUT2D eigenvalue weighted by molar-refractivity contribution is -0.137. The lowest BCUT2D eigenvalue weighted by atomic mass is 10.1. The molecule has 0 aliphatic carbocycles. The molecule has 1 heterocycles. The molecule has 1 aliphatic rings. The maximum atomic E-state index is 12.2. The summed E-state index contributed by atoms with van der Waals surface area (Å²) in [7, 11) is 0. The van der Waals surface area contributed by atoms with E-state index in [-0.39, 0.29) is 30.7 Å². The van der Waals surface area contributed by atoms with Crippen molar-refractivity contribution in [1.29, 1.82) is 0 Å². The van der Waals surface area contributed by atoms with Crippen molar-refractivity contribution in [1.82, 2.24) is 4.90 Å². The lowest BCUT2D eigenvalue weighted by Gasteiger charge is -2.16. The summed E-state index contributed by atoms with van der Waals surface area (Å²) in [6, 6.07) is 5.36. The van der Waals surface area contributed by atoms with Crippen LogP contribution in [0.25, 0.3) is 0 Å². The number of hydrogen-bond acceptors (Lipinski definition) is 5. The van der Waals surface area contributed by atoms with Crippen LogP contribution < -0.4 is 10.6 Å². The minimum Gasteiger partial charge on any atom is -0.395 e. The van der Waals surface area contributed by atoms with Crippen molar-refractivity contribution >= 4 is 29.1 Å². The second-order valence-corrected chi connectivity index (χ2v) is 5.89. The SMILES string of the molecule is Cc1ccc(NC(=O)C(C)C)c(NC2=CC(=O)N(CCO)C2=O)c1. The molecular formula is C17H21N3O4. The summed E-state index contributed by atoms with van der Waals surface area (Å²) in [6.45, 7) is 5.10. The molecule has 0 spiro atoms. The molecule has 0 atom stereocenters. The summed E-state index contributed by atoms with van der Waals surface area (Å²) < 4.78 is 0. The third-order valence-corrected chi connectivity index (χ3v) is 3.56. The number of nitrogens with one attached hydrogen (secondary N) is 2. The maximum Gasteiger partial charge on any atom is 0.277 e. The Labute approximate surface area is 140 Å². The van der Waals surface area contributed by atoms with Crippen molar-refractivity contribution in [3.63, 3.8) is 0 Å². The van der Waals surface area contributed by atoms with E-state index < -0.39 is 11.8 Å². The Hall–Kier alpha value is -2.67. The third-order valence-electron chi connectivity index (χ3n) is 3.56. The first-order valence-electron chi connectivity index (χ1n) is 7.70. The Bertz CT molecular complexity index is 710. The number of carbonyl (C=O) groups excluding carboxylic acids is 3. The summed E-state index contributed by atoms with van der Waals surface area (Å²) in [4.78, 5) is 36.9. The van der Waals surface area contributed by atoms with E-state index in [1.165, 1.54) is 6.08 Å². The zero-order chi connectivity index (χ0) is 17.9. The van der Waals surface area contributed by atoms with E-state index in [1.54, 1.807) is 26.0 Å². The van der Waals surface area contributed by atoms with Crippen LogP contribution in [0.3, 0.4) is 0 Å². The maximum absolute atomic E-state index is 12.2. The molecule has 3 amide bonds. The van der Waals surface area contributed by atoms with Crippen LogP contribution in [-0.2, 0) is 14.4 Å². The van der Waals surface area contributed by atoms with Crippen LogP contribution in [0.4, 0.5) is 11.4 Å². The molecule has 0 aromatic heterocycles. The summed E-state index contributed by atoms with van der Waals surface area (Å²) >= 11 is 0. The normalized spacial score (nSPS) is 14.2. The predicted octanol–water partition coefficient (Wildman–Crippen LogP) is 1.25. The number of benzene rings is 1. The van der Waals surface area contributed by atoms with E-state index in [9.17, 15) is 14.4 Å². The fourth-order valence-electron chi connectivity index (χ4n) is 2.20. The van der Waals surface area contributed by atoms with Gasteiger partial charge in [-0.1, -0.05) is 19.9 Å². The highest BCUT2D eigenvalue weighted by Gasteiger charge is 2.31. The zero-order valence-corrected chi connectivity index (χ0v) is 13.9. The summed E-state index contributed by atoms with van der Waals surface area (Å²) in [6.07, 6.45) is 1.19. The molecule has 0 saturated carbocycles. The number of aryl methyl sites for hydroxylation is 1. The average Bonchev–Trinajstić information content (AvgIpc) is 2.77. The first kappa shape index (κ1) is 17.7. The second kappa shape index (κ2) is 7.27. The number of β-amino-alcohol motifs (C(OH)–C–C–N with tert-alkyl or cyclic N) is 1. The van der Waals surface area contributed by atoms with Crippen LogP contribution in [0.15, 0.2) is 30.0 Å². The van der Waals surface area contributed by atoms with Crippen LogP contribution in [0.1, 0.15) is 19.4 Å². The number of aliphatic hydroxyl groups is 1. The van der Waals surface area contributed by atoms with Crippen LogP contribution in [0.2, 0.25) is 0 Å². The molecule has 2 rings (SSSR count). The van der Waals surface area contributed by atoms with Crippen molar-refractivity contribution in [2.75, 3.05) is 23.8 Å². The molecule has 3 N–H and O–H groups in total. The molecule has 7 heteroatoms. The Kier molecular flexibility index (Phi) is 5.35. The first-order chi connectivity index (χ1) is 11.3. The van der Waals surface area contributed by atoms with Gasteiger partial charge >= 0.3 is 0 Å². The van der Waals surface area contributed by atoms with Gasteiger partial charge in [-0.05, 0) is 24.6 Å². The van der Waals surface area contributed by atoms with Crippen LogP contribution in [0, 0.1) is 12.8 Å². The molecule has 0 saturated heterocycles. The molecule has 7 nitrogen and oxygen atoms in total. The Morgan fingerprint density at radius 1 is 1.25 bits per heavy atom. The van der Waals surface area contributed by atoms with Gasteiger partial charge in [0.15, 0.2) is 0 Å². The van der Waals surface area contributed by atoms with Crippen LogP contribution in [0.5, 0.6) is 0 Å². The van der Waals surface area contributed by atoms with Crippen molar-refractivity contribution in [3.05, 3.63) is 35.5 Å². The van der Waals surface area contributed by atoms with Gasteiger partial charge in [0.05, 0.1) is 24.5 Å². The number of carbonyl (C=O) groups is 3. The molecule has 0 fully saturated rings. The number of anilines is 2. The molecule has 24 heavy (non-hydrogen) atoms. The van der Waals surface area contributed by atoms with Gasteiger partial charge in [0.25, 0.3) is 11.8 Å². The quantitative estimate of drug-likeness (QED) is 0.681. The van der Waals surface area contributed by atoms with Crippen molar-refractivity contribution in [2.45, 2.75) is 20.8 Å². The minimum absolute atomic E-state index is 0.0515. The summed E-state index contributed by atoms with van der Waals surface area (Å²) in [5.74, 6) is -1.31. The van der Waals surface area contributed by atoms with E-state index in [1.807, 2.05) is 13.0 Å². The van der Waals surface area contributed by atoms with Crippen molar-refractivity contribution in [3.8, 4) is 0 Å². The molecule has 1 aromatic rings. The van der Waals surface area contributed by atoms with Gasteiger partial charge in [-0.15, -0.1) is 0 Å². The molecule has 128 valence electrons. The van der Waals surface area contributed by atoms with Crippen molar-refractivity contribution < 1.29 is 19.5 Å². The predicted molar refractivity (Wildman–Crippen MR) is 90.2 cm³/mol. The molecular weight excluding hydrogens is 310 g/mol. The van der Waals surface area contributed by atoms with Gasteiger partial charge in [0.2, 0.25) is 5.91 Å². The van der Waals surface area contributed by atoms with Gasteiger partial charge in [0, 0.05) is 12.0 Å². The number of imide groups is 1. The van der Waals surface area contributed by atoms with Gasteiger partial charge in [-0.25, -0.2) is 0 Å². The average molecular weight is 331 g/mol. The highest BCUT2D eigenvalue weighted by Crippen LogP contribution is 2.27. The standard InChI is InChI=1S/C17H21N3O4/c1-10(2)16(23)19-12-5-4-11(3)8-13(12)18-14-9-15(22)20(6-7-21)17(14)24/h4-5,8-10,18,21H,6-7H2,1-3H3,(H,19,23). The van der Waals surface area contributed by atoms with E-state index in [2.05, 4.69) is 10.6 Å². The zero-order valence-electron chi connectivity index (χ0n) is 13.9. The van der Waals surface area contributed by atoms with E-state index >= 15 is 0 Å². The smallest absolute Gasteiger partial charge is 0.277 e. The van der Waals surface area contributed by atoms with Gasteiger partial charge in [-0.2, -0.15) is 0 Å². The number of rotatable bonds is 6. The number of amides is 3. The number of aliphatic hydroxyl groups excluding tert-OH is 1. The Balaban J connectivity index is 2.25. The minimum atomic E-state index is -0.503. The summed E-state index contributed by atoms with van der Waals surface area (Å²) in [5, 5.41) is 14.6. The van der Waals surface area contributed by atoms with Gasteiger partial charge in [0.1, 0.15) is 5.70 Å². The van der Waals surface area contributed by atoms with Gasteiger partial charge < -0.3 is 15.7 Å². The highest BCUT2D eigenvalue weighted by atomic mass is 16.3. The van der Waals surface area contributed by atoms with Crippen LogP contribution in [-0.4, -0.2) is 40.9 Å². The Morgan fingerprint density at radius 3 is 2.58 bits per heavy atom. The van der Waals surface area contributed by atoms with E-state index in [4.69, 9.17) is 5.11 Å². The van der Waals surface area contributed by atoms with Crippen LogP contribution >= 0.6 is 0 Å². The molecule has 0 bridgehead atoms. The third kappa shape index (κ3) is 3.80. The van der Waals surface area contributed by atoms with Crippen molar-refractivity contribution in [2.24, 2.45) is 5.92 Å². The molecule has 0 unspecified atom stereocenters. The number of nitrogens with zero attached hydrogens (tertiary/aromatic N) is 1. The topological polar surface area (TPSA) is 98.7 Å². The fraction of sp³-hybridized carbons (Fsp3) is 0.353. The van der Waals surface area contributed by atoms with E-state index in [0.29, 0.717) is 11.4 Å². The fourth-order valence-corrected chi connectivity index (χ4v) is 2.20. The Morgan fingerprint density at radius 2 is 1.96 bits per heavy atom. The van der Waals surface area contributed by atoms with E-state index in [0.717, 1.165) is 10.5 Å². The largest absolute Gasteiger partial charge is 0.395 e. The molecule has 0 radical (unpaired) electrons.